The number of hydrogen-bond acceptors (Lipinski definition) is 3. The van der Waals surface area contributed by atoms with E-state index in [0.717, 1.165) is 18.4 Å². The molecule has 4 nitrogen and oxygen atoms in total. The van der Waals surface area contributed by atoms with Gasteiger partial charge < -0.3 is 0 Å². The Hall–Kier alpha value is -1.62. The number of amides is 1. The summed E-state index contributed by atoms with van der Waals surface area (Å²) in [5, 5.41) is 0. The molecule has 1 aromatic carbocycles. The van der Waals surface area contributed by atoms with E-state index in [9.17, 15) is 13.2 Å². The fourth-order valence-electron chi connectivity index (χ4n) is 1.92. The molecule has 1 N–H and O–H groups in total. The van der Waals surface area contributed by atoms with Crippen LogP contribution in [-0.2, 0) is 21.2 Å². The van der Waals surface area contributed by atoms with Gasteiger partial charge in [-0.15, -0.1) is 0 Å². The monoisotopic (exact) mass is 281 g/mol. The number of benzene rings is 1. The second-order valence-corrected chi connectivity index (χ2v) is 5.58. The zero-order valence-corrected chi connectivity index (χ0v) is 12.3. The number of aryl methyl sites for hydroxylation is 1. The summed E-state index contributed by atoms with van der Waals surface area (Å²) >= 11 is 0. The average Bonchev–Trinajstić information content (AvgIpc) is 2.39. The topological polar surface area (TPSA) is 63.2 Å². The summed E-state index contributed by atoms with van der Waals surface area (Å²) in [6.45, 7) is 5.18. The molecule has 0 saturated carbocycles. The maximum atomic E-state index is 11.9. The van der Waals surface area contributed by atoms with Gasteiger partial charge in [0.05, 0.1) is 4.90 Å². The van der Waals surface area contributed by atoms with Crippen molar-refractivity contribution in [1.82, 2.24) is 4.72 Å². The highest BCUT2D eigenvalue weighted by Gasteiger charge is 2.21. The van der Waals surface area contributed by atoms with Gasteiger partial charge in [-0.3, -0.25) is 4.79 Å². The largest absolute Gasteiger partial charge is 0.274 e. The molecule has 104 valence electrons. The summed E-state index contributed by atoms with van der Waals surface area (Å²) in [7, 11) is -3.75. The standard InChI is InChI=1S/C12H13NO3S.C2H6/c1-9(14)13-17(15,16)12-8-4-6-10-5-2-3-7-11(10)12;1-2/h3-4,6-8H,2,5H2,1H3,(H,13,14);1-2H3. The van der Waals surface area contributed by atoms with E-state index in [1.165, 1.54) is 13.0 Å². The maximum Gasteiger partial charge on any atom is 0.264 e. The highest BCUT2D eigenvalue weighted by Crippen LogP contribution is 2.25. The third-order valence-electron chi connectivity index (χ3n) is 2.59. The van der Waals surface area contributed by atoms with Crippen LogP contribution in [0.1, 0.15) is 38.3 Å². The van der Waals surface area contributed by atoms with E-state index >= 15 is 0 Å². The molecule has 1 amide bonds. The van der Waals surface area contributed by atoms with E-state index in [1.54, 1.807) is 12.1 Å². The number of fused-ring (bicyclic) bond motifs is 1. The fraction of sp³-hybridized carbons (Fsp3) is 0.357. The Morgan fingerprint density at radius 1 is 1.26 bits per heavy atom. The minimum Gasteiger partial charge on any atom is -0.274 e. The van der Waals surface area contributed by atoms with Crippen LogP contribution in [0, 0.1) is 0 Å². The first-order chi connectivity index (χ1) is 9.00. The van der Waals surface area contributed by atoms with E-state index in [0.29, 0.717) is 5.56 Å². The molecule has 0 aromatic heterocycles. The minimum atomic E-state index is -3.75. The number of sulfonamides is 1. The fourth-order valence-corrected chi connectivity index (χ4v) is 3.15. The summed E-state index contributed by atoms with van der Waals surface area (Å²) in [6.07, 6.45) is 5.48. The minimum absolute atomic E-state index is 0.168. The van der Waals surface area contributed by atoms with Gasteiger partial charge >= 0.3 is 0 Å². The van der Waals surface area contributed by atoms with Crippen LogP contribution in [-0.4, -0.2) is 14.3 Å². The lowest BCUT2D eigenvalue weighted by Gasteiger charge is -2.14. The van der Waals surface area contributed by atoms with E-state index in [-0.39, 0.29) is 4.90 Å². The number of hydrogen-bond donors (Lipinski definition) is 1. The highest BCUT2D eigenvalue weighted by atomic mass is 32.2. The smallest absolute Gasteiger partial charge is 0.264 e. The summed E-state index contributed by atoms with van der Waals surface area (Å²) < 4.78 is 25.9. The van der Waals surface area contributed by atoms with Crippen molar-refractivity contribution < 1.29 is 13.2 Å². The van der Waals surface area contributed by atoms with Gasteiger partial charge in [-0.05, 0) is 30.0 Å². The van der Waals surface area contributed by atoms with Crippen LogP contribution in [0.25, 0.3) is 6.08 Å². The van der Waals surface area contributed by atoms with Gasteiger partial charge in [0.2, 0.25) is 5.91 Å². The third-order valence-corrected chi connectivity index (χ3v) is 4.08. The molecule has 1 aromatic rings. The summed E-state index contributed by atoms with van der Waals surface area (Å²) in [4.78, 5) is 11.1. The molecule has 0 atom stereocenters. The Morgan fingerprint density at radius 2 is 1.95 bits per heavy atom. The van der Waals surface area contributed by atoms with Gasteiger partial charge in [0.1, 0.15) is 0 Å². The van der Waals surface area contributed by atoms with Gasteiger partial charge in [-0.1, -0.05) is 38.1 Å². The zero-order valence-electron chi connectivity index (χ0n) is 11.4. The van der Waals surface area contributed by atoms with Gasteiger partial charge in [0.25, 0.3) is 10.0 Å². The molecule has 19 heavy (non-hydrogen) atoms. The second-order valence-electron chi connectivity index (χ2n) is 3.93. The Balaban J connectivity index is 0.000000861. The zero-order chi connectivity index (χ0) is 14.5. The maximum absolute atomic E-state index is 11.9. The number of carbonyl (C=O) groups excluding carboxylic acids is 1. The Kier molecular flexibility index (Phi) is 5.30. The predicted molar refractivity (Wildman–Crippen MR) is 76.1 cm³/mol. The molecular weight excluding hydrogens is 262 g/mol. The second kappa shape index (κ2) is 6.52. The third kappa shape index (κ3) is 3.67. The summed E-state index contributed by atoms with van der Waals surface area (Å²) in [6, 6.07) is 5.12. The molecule has 0 heterocycles. The molecule has 0 unspecified atom stereocenters. The van der Waals surface area contributed by atoms with Crippen LogP contribution < -0.4 is 4.72 Å². The quantitative estimate of drug-likeness (QED) is 0.906. The van der Waals surface area contributed by atoms with Crippen molar-refractivity contribution in [3.8, 4) is 0 Å². The van der Waals surface area contributed by atoms with Crippen molar-refractivity contribution in [3.05, 3.63) is 35.4 Å². The van der Waals surface area contributed by atoms with Crippen molar-refractivity contribution in [2.75, 3.05) is 0 Å². The summed E-state index contributed by atoms with van der Waals surface area (Å²) in [5.41, 5.74) is 1.69. The predicted octanol–water partition coefficient (Wildman–Crippen LogP) is 2.50. The molecule has 0 bridgehead atoms. The lowest BCUT2D eigenvalue weighted by atomic mass is 9.98. The first-order valence-corrected chi connectivity index (χ1v) is 7.81. The molecule has 0 aliphatic heterocycles. The van der Waals surface area contributed by atoms with Crippen LogP contribution in [0.3, 0.4) is 0 Å². The number of carbonyl (C=O) groups is 1. The number of rotatable bonds is 2. The molecular formula is C14H19NO3S. The van der Waals surface area contributed by atoms with E-state index in [2.05, 4.69) is 0 Å². The van der Waals surface area contributed by atoms with E-state index < -0.39 is 15.9 Å². The molecule has 5 heteroatoms. The van der Waals surface area contributed by atoms with Crippen molar-refractivity contribution >= 4 is 22.0 Å². The number of nitrogens with one attached hydrogen (secondary N) is 1. The first-order valence-electron chi connectivity index (χ1n) is 6.32. The van der Waals surface area contributed by atoms with Crippen LogP contribution >= 0.6 is 0 Å². The lowest BCUT2D eigenvalue weighted by molar-refractivity contribution is -0.117. The van der Waals surface area contributed by atoms with E-state index in [1.807, 2.05) is 30.7 Å². The molecule has 2 rings (SSSR count). The van der Waals surface area contributed by atoms with Gasteiger partial charge in [0.15, 0.2) is 0 Å². The molecule has 1 aliphatic carbocycles. The van der Waals surface area contributed by atoms with Crippen molar-refractivity contribution in [3.63, 3.8) is 0 Å². The highest BCUT2D eigenvalue weighted by molar-refractivity contribution is 7.90. The molecule has 0 saturated heterocycles. The van der Waals surface area contributed by atoms with Crippen molar-refractivity contribution in [2.45, 2.75) is 38.5 Å². The van der Waals surface area contributed by atoms with E-state index in [4.69, 9.17) is 0 Å². The Morgan fingerprint density at radius 3 is 2.58 bits per heavy atom. The molecule has 0 radical (unpaired) electrons. The normalized spacial score (nSPS) is 13.0. The SMILES string of the molecule is CC.CC(=O)NS(=O)(=O)c1cccc2c1C=CCC2. The molecule has 0 fully saturated rings. The first kappa shape index (κ1) is 15.4. The van der Waals surface area contributed by atoms with Crippen molar-refractivity contribution in [1.29, 1.82) is 0 Å². The van der Waals surface area contributed by atoms with Crippen LogP contribution in [0.15, 0.2) is 29.2 Å². The van der Waals surface area contributed by atoms with Crippen LogP contribution in [0.2, 0.25) is 0 Å². The summed E-state index contributed by atoms with van der Waals surface area (Å²) in [5.74, 6) is -0.581. The Bertz CT molecular complexity index is 589. The molecule has 1 aliphatic rings. The number of allylic oxidation sites excluding steroid dienone is 1. The van der Waals surface area contributed by atoms with Gasteiger partial charge in [-0.2, -0.15) is 0 Å². The van der Waals surface area contributed by atoms with Crippen molar-refractivity contribution in [2.24, 2.45) is 0 Å². The average molecular weight is 281 g/mol. The van der Waals surface area contributed by atoms with Crippen LogP contribution in [0.4, 0.5) is 0 Å². The lowest BCUT2D eigenvalue weighted by Crippen LogP contribution is -2.29. The Labute approximate surface area is 114 Å². The van der Waals surface area contributed by atoms with Crippen LogP contribution in [0.5, 0.6) is 0 Å². The molecule has 0 spiro atoms. The van der Waals surface area contributed by atoms with Gasteiger partial charge in [0, 0.05) is 6.92 Å². The van der Waals surface area contributed by atoms with Gasteiger partial charge in [-0.25, -0.2) is 13.1 Å².